The lowest BCUT2D eigenvalue weighted by Gasteiger charge is -2.10. The Morgan fingerprint density at radius 2 is 1.95 bits per heavy atom. The molecular weight excluding hydrogens is 266 g/mol. The third-order valence-corrected chi connectivity index (χ3v) is 3.68. The van der Waals surface area contributed by atoms with Crippen LogP contribution in [0.15, 0.2) is 12.5 Å². The summed E-state index contributed by atoms with van der Waals surface area (Å²) >= 11 is 0. The zero-order chi connectivity index (χ0) is 15.1. The largest absolute Gasteiger partial charge is 0.391 e. The van der Waals surface area contributed by atoms with Gasteiger partial charge in [0.1, 0.15) is 12.1 Å². The van der Waals surface area contributed by atoms with E-state index in [1.807, 2.05) is 0 Å². The van der Waals surface area contributed by atoms with Crippen molar-refractivity contribution in [2.24, 2.45) is 0 Å². The number of aliphatic hydroxyl groups is 1. The van der Waals surface area contributed by atoms with Crippen LogP contribution in [0, 0.1) is 0 Å². The number of fused-ring (bicyclic) bond motifs is 1. The second-order valence-electron chi connectivity index (χ2n) is 5.56. The highest BCUT2D eigenvalue weighted by molar-refractivity contribution is 5.84. The summed E-state index contributed by atoms with van der Waals surface area (Å²) in [5.41, 5.74) is 6.35. The van der Waals surface area contributed by atoms with Crippen molar-refractivity contribution < 1.29 is 5.11 Å². The summed E-state index contributed by atoms with van der Waals surface area (Å²) in [6.45, 7) is 2.69. The molecule has 0 radical (unpaired) electrons. The molecule has 6 heteroatoms. The van der Waals surface area contributed by atoms with E-state index in [0.29, 0.717) is 18.0 Å². The van der Waals surface area contributed by atoms with Crippen LogP contribution in [0.25, 0.3) is 11.0 Å². The van der Waals surface area contributed by atoms with Crippen molar-refractivity contribution >= 4 is 16.9 Å². The number of nitrogens with zero attached hydrogens (tertiary/aromatic N) is 4. The predicted octanol–water partition coefficient (Wildman–Crippen LogP) is 2.52. The molecule has 0 bridgehead atoms. The summed E-state index contributed by atoms with van der Waals surface area (Å²) in [6.07, 6.45) is 11.0. The molecule has 0 aliphatic rings. The molecule has 0 saturated carbocycles. The highest BCUT2D eigenvalue weighted by Crippen LogP contribution is 2.15. The van der Waals surface area contributed by atoms with Gasteiger partial charge in [0.25, 0.3) is 0 Å². The minimum atomic E-state index is -0.375. The first-order valence-electron chi connectivity index (χ1n) is 7.82. The molecule has 0 aliphatic heterocycles. The average molecular weight is 291 g/mol. The van der Waals surface area contributed by atoms with Gasteiger partial charge in [-0.15, -0.1) is 0 Å². The summed E-state index contributed by atoms with van der Waals surface area (Å²) < 4.78 is 1.71. The molecule has 2 rings (SSSR count). The Morgan fingerprint density at radius 3 is 2.71 bits per heavy atom. The van der Waals surface area contributed by atoms with Gasteiger partial charge < -0.3 is 10.8 Å². The van der Waals surface area contributed by atoms with Crippen molar-refractivity contribution in [2.75, 3.05) is 5.73 Å². The van der Waals surface area contributed by atoms with Crippen molar-refractivity contribution in [1.29, 1.82) is 0 Å². The summed E-state index contributed by atoms with van der Waals surface area (Å²) in [5.74, 6) is 0.427. The third kappa shape index (κ3) is 4.67. The fourth-order valence-electron chi connectivity index (χ4n) is 2.46. The van der Waals surface area contributed by atoms with Crippen LogP contribution in [0.5, 0.6) is 0 Å². The number of nitrogens with two attached hydrogens (primary N) is 1. The van der Waals surface area contributed by atoms with Gasteiger partial charge >= 0.3 is 0 Å². The number of hydrogen-bond donors (Lipinski definition) is 2. The summed E-state index contributed by atoms with van der Waals surface area (Å²) in [5, 5.41) is 15.1. The maximum Gasteiger partial charge on any atom is 0.186 e. The molecule has 2 aromatic heterocycles. The van der Waals surface area contributed by atoms with Gasteiger partial charge in [0.15, 0.2) is 5.65 Å². The van der Waals surface area contributed by atoms with Crippen molar-refractivity contribution in [3.05, 3.63) is 12.5 Å². The minimum absolute atomic E-state index is 0.375. The van der Waals surface area contributed by atoms with Crippen LogP contribution >= 0.6 is 0 Å². The number of anilines is 1. The van der Waals surface area contributed by atoms with E-state index in [4.69, 9.17) is 5.73 Å². The Morgan fingerprint density at radius 1 is 1.19 bits per heavy atom. The fraction of sp³-hybridized carbons (Fsp3) is 0.667. The van der Waals surface area contributed by atoms with Crippen LogP contribution in [-0.4, -0.2) is 31.0 Å². The highest BCUT2D eigenvalue weighted by atomic mass is 16.3. The van der Waals surface area contributed by atoms with E-state index in [9.17, 15) is 5.11 Å². The van der Waals surface area contributed by atoms with Crippen molar-refractivity contribution in [3.63, 3.8) is 0 Å². The lowest BCUT2D eigenvalue weighted by atomic mass is 10.1. The van der Waals surface area contributed by atoms with E-state index < -0.39 is 0 Å². The Kier molecular flexibility index (Phi) is 5.92. The summed E-state index contributed by atoms with van der Waals surface area (Å²) in [4.78, 5) is 8.00. The van der Waals surface area contributed by atoms with Crippen LogP contribution in [0.1, 0.15) is 51.9 Å². The Labute approximate surface area is 125 Å². The van der Waals surface area contributed by atoms with E-state index in [2.05, 4.69) is 22.0 Å². The van der Waals surface area contributed by atoms with Gasteiger partial charge in [-0.2, -0.15) is 5.10 Å². The fourth-order valence-corrected chi connectivity index (χ4v) is 2.46. The van der Waals surface area contributed by atoms with Crippen LogP contribution in [-0.2, 0) is 6.54 Å². The zero-order valence-corrected chi connectivity index (χ0v) is 12.7. The first-order valence-corrected chi connectivity index (χ1v) is 7.82. The topological polar surface area (TPSA) is 89.8 Å². The molecule has 0 spiro atoms. The normalized spacial score (nSPS) is 12.9. The Balaban J connectivity index is 1.76. The van der Waals surface area contributed by atoms with Crippen LogP contribution in [0.2, 0.25) is 0 Å². The molecule has 0 saturated heterocycles. The van der Waals surface area contributed by atoms with E-state index in [0.717, 1.165) is 18.2 Å². The van der Waals surface area contributed by atoms with E-state index in [1.54, 1.807) is 10.9 Å². The number of aromatic nitrogens is 4. The van der Waals surface area contributed by atoms with Gasteiger partial charge in [-0.1, -0.05) is 45.4 Å². The molecule has 0 fully saturated rings. The Bertz CT molecular complexity index is 554. The Hall–Kier alpha value is -1.69. The maximum atomic E-state index is 10.1. The molecular formula is C15H25N5O. The van der Waals surface area contributed by atoms with Gasteiger partial charge in [-0.05, 0) is 6.42 Å². The monoisotopic (exact) mass is 291 g/mol. The van der Waals surface area contributed by atoms with Crippen LogP contribution in [0.3, 0.4) is 0 Å². The number of aliphatic hydroxyl groups excluding tert-OH is 1. The molecule has 21 heavy (non-hydrogen) atoms. The molecule has 2 aromatic rings. The molecule has 116 valence electrons. The van der Waals surface area contributed by atoms with Gasteiger partial charge in [0, 0.05) is 6.20 Å². The minimum Gasteiger partial charge on any atom is -0.391 e. The SMILES string of the molecule is CCCCCCCC[C@@H](O)Cn1cc2c(N)ncnc2n1. The van der Waals surface area contributed by atoms with E-state index in [1.165, 1.54) is 38.4 Å². The van der Waals surface area contributed by atoms with Gasteiger partial charge in [0.05, 0.1) is 18.0 Å². The van der Waals surface area contributed by atoms with E-state index in [-0.39, 0.29) is 6.10 Å². The molecule has 0 aliphatic carbocycles. The lowest BCUT2D eigenvalue weighted by Crippen LogP contribution is -2.16. The lowest BCUT2D eigenvalue weighted by molar-refractivity contribution is 0.136. The first kappa shape index (κ1) is 15.7. The first-order chi connectivity index (χ1) is 10.2. The molecule has 6 nitrogen and oxygen atoms in total. The van der Waals surface area contributed by atoms with Crippen LogP contribution < -0.4 is 5.73 Å². The molecule has 0 amide bonds. The molecule has 2 heterocycles. The zero-order valence-electron chi connectivity index (χ0n) is 12.7. The number of rotatable bonds is 9. The standard InChI is InChI=1S/C15H25N5O/c1-2-3-4-5-6-7-8-12(21)9-20-10-13-14(16)17-11-18-15(13)19-20/h10-12,21H,2-9H2,1H3,(H2,16,17,18,19)/t12-/m1/s1. The number of hydrogen-bond acceptors (Lipinski definition) is 5. The summed E-state index contributed by atoms with van der Waals surface area (Å²) in [6, 6.07) is 0. The highest BCUT2D eigenvalue weighted by Gasteiger charge is 2.09. The van der Waals surface area contributed by atoms with Crippen molar-refractivity contribution in [1.82, 2.24) is 19.7 Å². The molecule has 0 aromatic carbocycles. The molecule has 3 N–H and O–H groups in total. The number of unbranched alkanes of at least 4 members (excludes halogenated alkanes) is 5. The van der Waals surface area contributed by atoms with E-state index >= 15 is 0 Å². The van der Waals surface area contributed by atoms with Crippen molar-refractivity contribution in [2.45, 2.75) is 64.5 Å². The molecule has 0 unspecified atom stereocenters. The van der Waals surface area contributed by atoms with Crippen LogP contribution in [0.4, 0.5) is 5.82 Å². The second kappa shape index (κ2) is 7.93. The van der Waals surface area contributed by atoms with Gasteiger partial charge in [-0.25, -0.2) is 9.97 Å². The quantitative estimate of drug-likeness (QED) is 0.693. The predicted molar refractivity (Wildman–Crippen MR) is 83.7 cm³/mol. The van der Waals surface area contributed by atoms with Gasteiger partial charge in [-0.3, -0.25) is 4.68 Å². The summed E-state index contributed by atoms with van der Waals surface area (Å²) in [7, 11) is 0. The maximum absolute atomic E-state index is 10.1. The van der Waals surface area contributed by atoms with Crippen molar-refractivity contribution in [3.8, 4) is 0 Å². The smallest absolute Gasteiger partial charge is 0.186 e. The van der Waals surface area contributed by atoms with Gasteiger partial charge in [0.2, 0.25) is 0 Å². The number of nitrogen functional groups attached to an aromatic ring is 1. The molecule has 1 atom stereocenters. The second-order valence-corrected chi connectivity index (χ2v) is 5.56. The third-order valence-electron chi connectivity index (χ3n) is 3.68. The average Bonchev–Trinajstić information content (AvgIpc) is 2.86.